The summed E-state index contributed by atoms with van der Waals surface area (Å²) in [5.74, 6) is -0.351. The van der Waals surface area contributed by atoms with Crippen LogP contribution in [0, 0.1) is 6.92 Å². The monoisotopic (exact) mass is 362 g/mol. The molecule has 0 aliphatic carbocycles. The zero-order valence-electron chi connectivity index (χ0n) is 15.3. The number of rotatable bonds is 3. The molecule has 0 saturated carbocycles. The van der Waals surface area contributed by atoms with Crippen molar-refractivity contribution in [3.63, 3.8) is 0 Å². The molecule has 136 valence electrons. The van der Waals surface area contributed by atoms with Gasteiger partial charge in [-0.15, -0.1) is 0 Å². The maximum absolute atomic E-state index is 12.8. The summed E-state index contributed by atoms with van der Waals surface area (Å²) in [6.07, 6.45) is 3.20. The van der Waals surface area contributed by atoms with Crippen LogP contribution in [0.4, 0.5) is 0 Å². The largest absolute Gasteiger partial charge is 0.423 e. The topological polar surface area (TPSA) is 79.0 Å². The molecule has 0 fully saturated rings. The van der Waals surface area contributed by atoms with Gasteiger partial charge in [-0.25, -0.2) is 14.8 Å². The summed E-state index contributed by atoms with van der Waals surface area (Å²) >= 11 is 0. The Morgan fingerprint density at radius 1 is 1.22 bits per heavy atom. The summed E-state index contributed by atoms with van der Waals surface area (Å²) in [5, 5.41) is 0.400. The number of pyridine rings is 2. The molecule has 4 aromatic rings. The normalized spacial score (nSPS) is 11.2. The molecule has 0 unspecified atom stereocenters. The first-order valence-corrected chi connectivity index (χ1v) is 8.62. The van der Waals surface area contributed by atoms with Gasteiger partial charge in [0.15, 0.2) is 0 Å². The van der Waals surface area contributed by atoms with Gasteiger partial charge in [-0.1, -0.05) is 0 Å². The molecule has 0 radical (unpaired) electrons. The summed E-state index contributed by atoms with van der Waals surface area (Å²) < 4.78 is 9.10. The highest BCUT2D eigenvalue weighted by atomic mass is 16.5. The SMILES string of the molecule is CCn1cc(C(=O)Oc2ccc3c(c2)ncn3C)c(=O)c2ccc(C)nc21. The standard InChI is InChI=1S/C20H18N4O3/c1-4-24-10-15(18(25)14-7-5-12(2)22-19(14)24)20(26)27-13-6-8-17-16(9-13)21-11-23(17)3/h5-11H,4H2,1-3H3. The highest BCUT2D eigenvalue weighted by molar-refractivity contribution is 5.94. The van der Waals surface area contributed by atoms with Gasteiger partial charge in [0.25, 0.3) is 0 Å². The van der Waals surface area contributed by atoms with Crippen LogP contribution in [-0.4, -0.2) is 25.1 Å². The van der Waals surface area contributed by atoms with Crippen molar-refractivity contribution in [2.75, 3.05) is 0 Å². The number of ether oxygens (including phenoxy) is 1. The van der Waals surface area contributed by atoms with Gasteiger partial charge in [0, 0.05) is 31.5 Å². The molecule has 3 aromatic heterocycles. The van der Waals surface area contributed by atoms with Crippen LogP contribution < -0.4 is 10.2 Å². The summed E-state index contributed by atoms with van der Waals surface area (Å²) in [6.45, 7) is 4.37. The van der Waals surface area contributed by atoms with Crippen molar-refractivity contribution in [1.29, 1.82) is 0 Å². The van der Waals surface area contributed by atoms with Crippen LogP contribution in [0.15, 0.2) is 47.7 Å². The maximum Gasteiger partial charge on any atom is 0.349 e. The molecular formula is C20H18N4O3. The molecule has 0 amide bonds. The number of aryl methyl sites for hydroxylation is 3. The summed E-state index contributed by atoms with van der Waals surface area (Å²) in [7, 11) is 1.89. The van der Waals surface area contributed by atoms with Crippen molar-refractivity contribution in [3.05, 3.63) is 64.3 Å². The molecule has 0 N–H and O–H groups in total. The lowest BCUT2D eigenvalue weighted by molar-refractivity contribution is 0.0733. The van der Waals surface area contributed by atoms with E-state index < -0.39 is 5.97 Å². The lowest BCUT2D eigenvalue weighted by Gasteiger charge is -2.11. The third-order valence-electron chi connectivity index (χ3n) is 4.53. The van der Waals surface area contributed by atoms with Crippen molar-refractivity contribution >= 4 is 28.0 Å². The Balaban J connectivity index is 1.76. The second kappa shape index (κ2) is 6.35. The van der Waals surface area contributed by atoms with Crippen molar-refractivity contribution in [2.24, 2.45) is 7.05 Å². The van der Waals surface area contributed by atoms with E-state index >= 15 is 0 Å². The summed E-state index contributed by atoms with van der Waals surface area (Å²) in [6, 6.07) is 8.64. The van der Waals surface area contributed by atoms with Crippen LogP contribution in [0.2, 0.25) is 0 Å². The van der Waals surface area contributed by atoms with E-state index in [1.54, 1.807) is 35.2 Å². The van der Waals surface area contributed by atoms with Gasteiger partial charge in [0.1, 0.15) is 17.0 Å². The fourth-order valence-electron chi connectivity index (χ4n) is 3.09. The second-order valence-electron chi connectivity index (χ2n) is 6.38. The van der Waals surface area contributed by atoms with Crippen LogP contribution >= 0.6 is 0 Å². The van der Waals surface area contributed by atoms with E-state index in [1.165, 1.54) is 6.20 Å². The van der Waals surface area contributed by atoms with Gasteiger partial charge in [0.2, 0.25) is 5.43 Å². The Bertz CT molecular complexity index is 1250. The number of carbonyl (C=O) groups is 1. The number of imidazole rings is 1. The lowest BCUT2D eigenvalue weighted by Crippen LogP contribution is -2.23. The number of aromatic nitrogens is 4. The van der Waals surface area contributed by atoms with E-state index in [2.05, 4.69) is 9.97 Å². The van der Waals surface area contributed by atoms with Crippen LogP contribution in [0.1, 0.15) is 23.0 Å². The number of fused-ring (bicyclic) bond motifs is 2. The number of hydrogen-bond acceptors (Lipinski definition) is 5. The van der Waals surface area contributed by atoms with Crippen LogP contribution in [0.25, 0.3) is 22.1 Å². The average Bonchev–Trinajstić information content (AvgIpc) is 3.02. The molecule has 0 aliphatic heterocycles. The maximum atomic E-state index is 12.8. The zero-order valence-corrected chi connectivity index (χ0v) is 15.3. The Morgan fingerprint density at radius 3 is 2.81 bits per heavy atom. The lowest BCUT2D eigenvalue weighted by atomic mass is 10.2. The number of esters is 1. The van der Waals surface area contributed by atoms with Gasteiger partial charge in [0.05, 0.1) is 22.7 Å². The highest BCUT2D eigenvalue weighted by Crippen LogP contribution is 2.20. The van der Waals surface area contributed by atoms with Crippen LogP contribution in [-0.2, 0) is 13.6 Å². The molecule has 1 aromatic carbocycles. The molecule has 0 bridgehead atoms. The fourth-order valence-corrected chi connectivity index (χ4v) is 3.09. The smallest absolute Gasteiger partial charge is 0.349 e. The number of hydrogen-bond donors (Lipinski definition) is 0. The van der Waals surface area contributed by atoms with Crippen molar-refractivity contribution in [2.45, 2.75) is 20.4 Å². The predicted molar refractivity (Wildman–Crippen MR) is 102 cm³/mol. The number of carbonyl (C=O) groups excluding carboxylic acids is 1. The van der Waals surface area contributed by atoms with Crippen LogP contribution in [0.5, 0.6) is 5.75 Å². The van der Waals surface area contributed by atoms with Crippen molar-refractivity contribution in [3.8, 4) is 5.75 Å². The molecule has 0 aliphatic rings. The molecule has 27 heavy (non-hydrogen) atoms. The van der Waals surface area contributed by atoms with Crippen molar-refractivity contribution in [1.82, 2.24) is 19.1 Å². The quantitative estimate of drug-likeness (QED) is 0.414. The minimum absolute atomic E-state index is 0.0175. The van der Waals surface area contributed by atoms with E-state index in [0.717, 1.165) is 11.2 Å². The van der Waals surface area contributed by atoms with E-state index in [-0.39, 0.29) is 11.0 Å². The molecule has 7 nitrogen and oxygen atoms in total. The first kappa shape index (κ1) is 17.0. The molecule has 0 spiro atoms. The zero-order chi connectivity index (χ0) is 19.1. The van der Waals surface area contributed by atoms with Gasteiger partial charge in [-0.05, 0) is 38.1 Å². The summed E-state index contributed by atoms with van der Waals surface area (Å²) in [4.78, 5) is 34.1. The Kier molecular flexibility index (Phi) is 3.99. The van der Waals surface area contributed by atoms with Gasteiger partial charge < -0.3 is 13.9 Å². The van der Waals surface area contributed by atoms with E-state index in [9.17, 15) is 9.59 Å². The molecule has 4 rings (SSSR count). The number of benzene rings is 1. The van der Waals surface area contributed by atoms with E-state index in [0.29, 0.717) is 28.8 Å². The Labute approximate surface area is 154 Å². The third-order valence-corrected chi connectivity index (χ3v) is 4.53. The fraction of sp³-hybridized carbons (Fsp3) is 0.200. The second-order valence-corrected chi connectivity index (χ2v) is 6.38. The summed E-state index contributed by atoms with van der Waals surface area (Å²) in [5.41, 5.74) is 2.61. The van der Waals surface area contributed by atoms with Crippen LogP contribution in [0.3, 0.4) is 0 Å². The number of nitrogens with zero attached hydrogens (tertiary/aromatic N) is 4. The van der Waals surface area contributed by atoms with Gasteiger partial charge in [-0.2, -0.15) is 0 Å². The molecule has 0 saturated heterocycles. The first-order valence-electron chi connectivity index (χ1n) is 8.62. The van der Waals surface area contributed by atoms with Gasteiger partial charge >= 0.3 is 5.97 Å². The third kappa shape index (κ3) is 2.87. The average molecular weight is 362 g/mol. The molecule has 7 heteroatoms. The molecule has 3 heterocycles. The van der Waals surface area contributed by atoms with E-state index in [4.69, 9.17) is 4.74 Å². The molecule has 0 atom stereocenters. The Hall–Kier alpha value is -3.48. The predicted octanol–water partition coefficient (Wildman–Crippen LogP) is 2.83. The highest BCUT2D eigenvalue weighted by Gasteiger charge is 2.18. The molecular weight excluding hydrogens is 344 g/mol. The Morgan fingerprint density at radius 2 is 2.04 bits per heavy atom. The van der Waals surface area contributed by atoms with E-state index in [1.807, 2.05) is 31.5 Å². The first-order chi connectivity index (χ1) is 13.0. The minimum Gasteiger partial charge on any atom is -0.423 e. The van der Waals surface area contributed by atoms with Crippen molar-refractivity contribution < 1.29 is 9.53 Å². The minimum atomic E-state index is -0.694. The van der Waals surface area contributed by atoms with Gasteiger partial charge in [-0.3, -0.25) is 4.79 Å².